The molecule has 0 aliphatic carbocycles. The smallest absolute Gasteiger partial charge is 0.340 e. The topological polar surface area (TPSA) is 59.4 Å². The first-order valence-electron chi connectivity index (χ1n) is 6.98. The Morgan fingerprint density at radius 3 is 2.55 bits per heavy atom. The van der Waals surface area contributed by atoms with Gasteiger partial charge in [0.2, 0.25) is 0 Å². The van der Waals surface area contributed by atoms with Gasteiger partial charge in [0.05, 0.1) is 0 Å². The summed E-state index contributed by atoms with van der Waals surface area (Å²) < 4.78 is 5.89. The van der Waals surface area contributed by atoms with Crippen molar-refractivity contribution in [2.24, 2.45) is 0 Å². The molecule has 3 rings (SSSR count). The van der Waals surface area contributed by atoms with E-state index in [1.807, 2.05) is 43.3 Å². The lowest BCUT2D eigenvalue weighted by molar-refractivity contribution is 0.0692. The SMILES string of the molecule is CC(Oc1ccc2ccccc2c1C(=O)O)c1ccncc1. The average molecular weight is 293 g/mol. The van der Waals surface area contributed by atoms with Gasteiger partial charge in [-0.3, -0.25) is 4.98 Å². The predicted molar refractivity (Wildman–Crippen MR) is 84.2 cm³/mol. The number of rotatable bonds is 4. The van der Waals surface area contributed by atoms with Crippen molar-refractivity contribution in [1.82, 2.24) is 4.98 Å². The molecule has 0 bridgehead atoms. The Morgan fingerprint density at radius 1 is 1.09 bits per heavy atom. The molecule has 1 aromatic heterocycles. The summed E-state index contributed by atoms with van der Waals surface area (Å²) in [6.45, 7) is 1.89. The second-order valence-electron chi connectivity index (χ2n) is 5.01. The first-order chi connectivity index (χ1) is 10.7. The van der Waals surface area contributed by atoms with Crippen molar-refractivity contribution < 1.29 is 14.6 Å². The number of fused-ring (bicyclic) bond motifs is 1. The fraction of sp³-hybridized carbons (Fsp3) is 0.111. The Balaban J connectivity index is 2.04. The molecule has 3 aromatic rings. The highest BCUT2D eigenvalue weighted by Gasteiger charge is 2.18. The highest BCUT2D eigenvalue weighted by atomic mass is 16.5. The minimum Gasteiger partial charge on any atom is -0.485 e. The molecule has 1 heterocycles. The molecule has 0 fully saturated rings. The van der Waals surface area contributed by atoms with Gasteiger partial charge >= 0.3 is 5.97 Å². The number of ether oxygens (including phenoxy) is 1. The molecule has 0 amide bonds. The second-order valence-corrected chi connectivity index (χ2v) is 5.01. The number of carboxylic acid groups (broad SMARTS) is 1. The Hall–Kier alpha value is -2.88. The summed E-state index contributed by atoms with van der Waals surface area (Å²) in [6.07, 6.45) is 3.11. The molecule has 0 aliphatic rings. The molecule has 0 spiro atoms. The van der Waals surface area contributed by atoms with Crippen LogP contribution in [-0.2, 0) is 0 Å². The maximum Gasteiger partial charge on any atom is 0.340 e. The maximum absolute atomic E-state index is 11.7. The molecule has 0 radical (unpaired) electrons. The Labute approximate surface area is 128 Å². The van der Waals surface area contributed by atoms with E-state index in [9.17, 15) is 9.90 Å². The number of aromatic nitrogens is 1. The fourth-order valence-electron chi connectivity index (χ4n) is 2.46. The van der Waals surface area contributed by atoms with Crippen LogP contribution in [0.4, 0.5) is 0 Å². The van der Waals surface area contributed by atoms with Crippen molar-refractivity contribution in [3.8, 4) is 5.75 Å². The third-order valence-electron chi connectivity index (χ3n) is 3.58. The molecule has 22 heavy (non-hydrogen) atoms. The molecule has 1 N–H and O–H groups in total. The summed E-state index contributed by atoms with van der Waals surface area (Å²) in [7, 11) is 0. The number of carbonyl (C=O) groups is 1. The van der Waals surface area contributed by atoms with Crippen LogP contribution >= 0.6 is 0 Å². The number of carboxylic acids is 1. The van der Waals surface area contributed by atoms with Crippen molar-refractivity contribution >= 4 is 16.7 Å². The van der Waals surface area contributed by atoms with E-state index in [-0.39, 0.29) is 11.7 Å². The van der Waals surface area contributed by atoms with Gasteiger partial charge in [0.25, 0.3) is 0 Å². The fourth-order valence-corrected chi connectivity index (χ4v) is 2.46. The van der Waals surface area contributed by atoms with Crippen LogP contribution in [-0.4, -0.2) is 16.1 Å². The van der Waals surface area contributed by atoms with Crippen molar-refractivity contribution in [2.45, 2.75) is 13.0 Å². The Kier molecular flexibility index (Phi) is 3.74. The van der Waals surface area contributed by atoms with Gasteiger partial charge in [0, 0.05) is 12.4 Å². The molecule has 4 nitrogen and oxygen atoms in total. The third kappa shape index (κ3) is 2.63. The molecule has 110 valence electrons. The van der Waals surface area contributed by atoms with Crippen LogP contribution in [0.25, 0.3) is 10.8 Å². The zero-order chi connectivity index (χ0) is 15.5. The van der Waals surface area contributed by atoms with Crippen LogP contribution in [0.2, 0.25) is 0 Å². The third-order valence-corrected chi connectivity index (χ3v) is 3.58. The molecule has 0 saturated carbocycles. The van der Waals surface area contributed by atoms with Gasteiger partial charge in [-0.05, 0) is 41.5 Å². The number of aromatic carboxylic acids is 1. The molecule has 0 saturated heterocycles. The van der Waals surface area contributed by atoms with Crippen LogP contribution in [0.3, 0.4) is 0 Å². The lowest BCUT2D eigenvalue weighted by atomic mass is 10.0. The first-order valence-corrected chi connectivity index (χ1v) is 6.98. The quantitative estimate of drug-likeness (QED) is 0.787. The molecular formula is C18H15NO3. The van der Waals surface area contributed by atoms with Crippen LogP contribution in [0.1, 0.15) is 28.9 Å². The summed E-state index contributed by atoms with van der Waals surface area (Å²) in [5.41, 5.74) is 1.14. The zero-order valence-electron chi connectivity index (χ0n) is 12.1. The van der Waals surface area contributed by atoms with E-state index in [0.717, 1.165) is 10.9 Å². The van der Waals surface area contributed by atoms with Crippen molar-refractivity contribution in [3.05, 3.63) is 72.1 Å². The molecule has 0 aliphatic heterocycles. The van der Waals surface area contributed by atoms with Crippen molar-refractivity contribution in [1.29, 1.82) is 0 Å². The maximum atomic E-state index is 11.7. The van der Waals surface area contributed by atoms with E-state index in [0.29, 0.717) is 11.1 Å². The van der Waals surface area contributed by atoms with Gasteiger partial charge in [-0.1, -0.05) is 30.3 Å². The first kappa shape index (κ1) is 14.1. The van der Waals surface area contributed by atoms with Crippen LogP contribution in [0, 0.1) is 0 Å². The van der Waals surface area contributed by atoms with E-state index in [1.54, 1.807) is 24.5 Å². The van der Waals surface area contributed by atoms with Gasteiger partial charge in [-0.25, -0.2) is 4.79 Å². The Bertz CT molecular complexity index is 815. The predicted octanol–water partition coefficient (Wildman–Crippen LogP) is 4.07. The summed E-state index contributed by atoms with van der Waals surface area (Å²) in [4.78, 5) is 15.6. The summed E-state index contributed by atoms with van der Waals surface area (Å²) in [5, 5.41) is 11.1. The van der Waals surface area contributed by atoms with Gasteiger partial charge in [0.1, 0.15) is 17.4 Å². The van der Waals surface area contributed by atoms with Crippen LogP contribution in [0.5, 0.6) is 5.75 Å². The van der Waals surface area contributed by atoms with Gasteiger partial charge in [-0.15, -0.1) is 0 Å². The average Bonchev–Trinajstić information content (AvgIpc) is 2.55. The number of benzene rings is 2. The number of hydrogen-bond acceptors (Lipinski definition) is 3. The van der Waals surface area contributed by atoms with Crippen LogP contribution in [0.15, 0.2) is 60.9 Å². The Morgan fingerprint density at radius 2 is 1.82 bits per heavy atom. The number of hydrogen-bond donors (Lipinski definition) is 1. The zero-order valence-corrected chi connectivity index (χ0v) is 12.1. The second kappa shape index (κ2) is 5.85. The highest BCUT2D eigenvalue weighted by molar-refractivity contribution is 6.06. The van der Waals surface area contributed by atoms with E-state index in [4.69, 9.17) is 4.74 Å². The van der Waals surface area contributed by atoms with E-state index < -0.39 is 5.97 Å². The summed E-state index contributed by atoms with van der Waals surface area (Å²) in [6, 6.07) is 14.7. The lowest BCUT2D eigenvalue weighted by Gasteiger charge is -2.17. The van der Waals surface area contributed by atoms with Gasteiger partial charge in [-0.2, -0.15) is 0 Å². The molecule has 2 aromatic carbocycles. The van der Waals surface area contributed by atoms with Crippen molar-refractivity contribution in [2.75, 3.05) is 0 Å². The minimum atomic E-state index is -0.992. The molecular weight excluding hydrogens is 278 g/mol. The summed E-state index contributed by atoms with van der Waals surface area (Å²) in [5.74, 6) is -0.621. The molecule has 1 atom stereocenters. The number of pyridine rings is 1. The van der Waals surface area contributed by atoms with E-state index in [2.05, 4.69) is 4.98 Å². The summed E-state index contributed by atoms with van der Waals surface area (Å²) >= 11 is 0. The largest absolute Gasteiger partial charge is 0.485 e. The molecule has 1 unspecified atom stereocenters. The number of nitrogens with zero attached hydrogens (tertiary/aromatic N) is 1. The van der Waals surface area contributed by atoms with E-state index in [1.165, 1.54) is 0 Å². The monoisotopic (exact) mass is 293 g/mol. The van der Waals surface area contributed by atoms with Crippen LogP contribution < -0.4 is 4.74 Å². The molecule has 4 heteroatoms. The van der Waals surface area contributed by atoms with E-state index >= 15 is 0 Å². The standard InChI is InChI=1S/C18H15NO3/c1-12(13-8-10-19-11-9-13)22-16-7-6-14-4-2-3-5-15(14)17(16)18(20)21/h2-12H,1H3,(H,20,21). The minimum absolute atomic E-state index is 0.194. The lowest BCUT2D eigenvalue weighted by Crippen LogP contribution is -2.08. The van der Waals surface area contributed by atoms with Gasteiger partial charge in [0.15, 0.2) is 0 Å². The normalized spacial score (nSPS) is 12.0. The van der Waals surface area contributed by atoms with Crippen molar-refractivity contribution in [3.63, 3.8) is 0 Å². The highest BCUT2D eigenvalue weighted by Crippen LogP contribution is 2.31. The van der Waals surface area contributed by atoms with Gasteiger partial charge < -0.3 is 9.84 Å².